The summed E-state index contributed by atoms with van der Waals surface area (Å²) in [5.74, 6) is -1.66. The molecule has 0 heterocycles. The molecule has 6 nitrogen and oxygen atoms in total. The van der Waals surface area contributed by atoms with Crippen molar-refractivity contribution in [2.24, 2.45) is 11.5 Å². The molecule has 0 saturated heterocycles. The molecule has 0 atom stereocenters. The van der Waals surface area contributed by atoms with Crippen LogP contribution in [0.5, 0.6) is 0 Å². The van der Waals surface area contributed by atoms with Gasteiger partial charge in [-0.2, -0.15) is 0 Å². The molecule has 0 aliphatic heterocycles. The van der Waals surface area contributed by atoms with Crippen LogP contribution >= 0.6 is 0 Å². The Morgan fingerprint density at radius 3 is 2.29 bits per heavy atom. The van der Waals surface area contributed by atoms with E-state index in [1.165, 1.54) is 17.0 Å². The van der Waals surface area contributed by atoms with Crippen molar-refractivity contribution >= 4 is 17.5 Å². The van der Waals surface area contributed by atoms with Crippen molar-refractivity contribution in [3.63, 3.8) is 0 Å². The van der Waals surface area contributed by atoms with Crippen LogP contribution < -0.4 is 21.7 Å². The summed E-state index contributed by atoms with van der Waals surface area (Å²) in [6.07, 6.45) is 0. The number of rotatable bonds is 8. The molecule has 5 N–H and O–H groups in total. The van der Waals surface area contributed by atoms with Gasteiger partial charge in [-0.15, -0.1) is 0 Å². The summed E-state index contributed by atoms with van der Waals surface area (Å²) in [6.45, 7) is 3.73. The quantitative estimate of drug-likeness (QED) is 0.633. The number of hydrogen-bond donors (Lipinski definition) is 3. The van der Waals surface area contributed by atoms with E-state index in [0.29, 0.717) is 11.3 Å². The third kappa shape index (κ3) is 5.39. The predicted molar refractivity (Wildman–Crippen MR) is 79.0 cm³/mol. The van der Waals surface area contributed by atoms with E-state index in [2.05, 4.69) is 5.32 Å². The summed E-state index contributed by atoms with van der Waals surface area (Å²) in [4.78, 5) is 23.7. The van der Waals surface area contributed by atoms with Gasteiger partial charge in [-0.3, -0.25) is 9.59 Å². The number of benzene rings is 1. The highest BCUT2D eigenvalue weighted by Crippen LogP contribution is 2.23. The van der Waals surface area contributed by atoms with E-state index >= 15 is 0 Å². The van der Waals surface area contributed by atoms with E-state index in [1.54, 1.807) is 6.07 Å². The first kappa shape index (κ1) is 16.9. The van der Waals surface area contributed by atoms with Crippen LogP contribution in [-0.2, 0) is 16.1 Å². The number of hydrogen-bond acceptors (Lipinski definition) is 4. The number of nitrogens with zero attached hydrogens (tertiary/aromatic N) is 1. The summed E-state index contributed by atoms with van der Waals surface area (Å²) in [5, 5.41) is 3.11. The van der Waals surface area contributed by atoms with Gasteiger partial charge in [0.2, 0.25) is 11.8 Å². The lowest BCUT2D eigenvalue weighted by Gasteiger charge is -2.25. The van der Waals surface area contributed by atoms with E-state index in [0.717, 1.165) is 0 Å². The number of primary amides is 2. The number of nitrogens with two attached hydrogens (primary N) is 2. The van der Waals surface area contributed by atoms with Crippen LogP contribution in [0.2, 0.25) is 0 Å². The molecule has 0 radical (unpaired) electrons. The van der Waals surface area contributed by atoms with Gasteiger partial charge >= 0.3 is 0 Å². The Hall–Kier alpha value is -2.15. The first-order valence-electron chi connectivity index (χ1n) is 6.63. The fourth-order valence-corrected chi connectivity index (χ4v) is 1.93. The highest BCUT2D eigenvalue weighted by molar-refractivity contribution is 5.85. The number of carbonyl (C=O) groups is 2. The van der Waals surface area contributed by atoms with Crippen LogP contribution in [0.4, 0.5) is 10.1 Å². The molecule has 1 aromatic rings. The maximum atomic E-state index is 14.0. The molecule has 0 fully saturated rings. The molecule has 0 saturated carbocycles. The molecule has 0 aliphatic carbocycles. The molecular weight excluding hydrogens is 275 g/mol. The Balaban J connectivity index is 3.13. The van der Waals surface area contributed by atoms with Crippen LogP contribution in [0.25, 0.3) is 0 Å². The smallest absolute Gasteiger partial charge is 0.236 e. The zero-order valence-corrected chi connectivity index (χ0v) is 12.2. The third-order valence-electron chi connectivity index (χ3n) is 2.82. The van der Waals surface area contributed by atoms with Gasteiger partial charge in [0.15, 0.2) is 0 Å². The molecule has 2 amide bonds. The first-order valence-corrected chi connectivity index (χ1v) is 6.63. The van der Waals surface area contributed by atoms with Crippen LogP contribution in [0.3, 0.4) is 0 Å². The van der Waals surface area contributed by atoms with Crippen LogP contribution in [0.1, 0.15) is 19.4 Å². The molecule has 21 heavy (non-hydrogen) atoms. The van der Waals surface area contributed by atoms with Gasteiger partial charge in [0.1, 0.15) is 5.82 Å². The monoisotopic (exact) mass is 296 g/mol. The average Bonchev–Trinajstić information content (AvgIpc) is 2.34. The lowest BCUT2D eigenvalue weighted by atomic mass is 10.1. The Kier molecular flexibility index (Phi) is 6.10. The molecule has 0 aliphatic rings. The molecular formula is C14H21FN4O2. The second kappa shape index (κ2) is 7.58. The largest absolute Gasteiger partial charge is 0.368 e. The van der Waals surface area contributed by atoms with Crippen molar-refractivity contribution in [3.8, 4) is 0 Å². The average molecular weight is 296 g/mol. The number of anilines is 1. The summed E-state index contributed by atoms with van der Waals surface area (Å²) in [6, 6.07) is 4.64. The van der Waals surface area contributed by atoms with Crippen molar-refractivity contribution in [3.05, 3.63) is 29.6 Å². The zero-order chi connectivity index (χ0) is 16.0. The normalized spacial score (nSPS) is 10.7. The first-order chi connectivity index (χ1) is 9.81. The summed E-state index contributed by atoms with van der Waals surface area (Å²) < 4.78 is 14.0. The molecule has 0 unspecified atom stereocenters. The van der Waals surface area contributed by atoms with Gasteiger partial charge in [-0.1, -0.05) is 19.9 Å². The van der Waals surface area contributed by atoms with E-state index in [9.17, 15) is 14.0 Å². The predicted octanol–water partition coefficient (Wildman–Crippen LogP) is 0.101. The highest BCUT2D eigenvalue weighted by atomic mass is 19.1. The van der Waals surface area contributed by atoms with E-state index in [4.69, 9.17) is 11.5 Å². The topological polar surface area (TPSA) is 101 Å². The second-order valence-corrected chi connectivity index (χ2v) is 5.06. The molecule has 1 aromatic carbocycles. The molecule has 116 valence electrons. The molecule has 0 spiro atoms. The second-order valence-electron chi connectivity index (χ2n) is 5.06. The van der Waals surface area contributed by atoms with Crippen molar-refractivity contribution in [1.82, 2.24) is 5.32 Å². The summed E-state index contributed by atoms with van der Waals surface area (Å²) >= 11 is 0. The molecule has 0 aromatic heterocycles. The van der Waals surface area contributed by atoms with Gasteiger partial charge in [-0.05, 0) is 12.1 Å². The van der Waals surface area contributed by atoms with Crippen molar-refractivity contribution in [2.45, 2.75) is 26.4 Å². The third-order valence-corrected chi connectivity index (χ3v) is 2.82. The van der Waals surface area contributed by atoms with Gasteiger partial charge in [0.05, 0.1) is 13.1 Å². The number of nitrogens with one attached hydrogen (secondary N) is 1. The number of halogens is 1. The van der Waals surface area contributed by atoms with Crippen molar-refractivity contribution in [1.29, 1.82) is 0 Å². The maximum absolute atomic E-state index is 14.0. The van der Waals surface area contributed by atoms with Crippen molar-refractivity contribution in [2.75, 3.05) is 18.0 Å². The van der Waals surface area contributed by atoms with E-state index in [-0.39, 0.29) is 25.7 Å². The molecule has 0 bridgehead atoms. The Bertz CT molecular complexity index is 504. The minimum atomic E-state index is -0.622. The fourth-order valence-electron chi connectivity index (χ4n) is 1.93. The standard InChI is InChI=1S/C14H21FN4O2/c1-9(2)18-6-10-11(15)4-3-5-12(10)19(7-13(16)20)8-14(17)21/h3-5,9,18H,6-8H2,1-2H3,(H2,16,20)(H2,17,21). The Morgan fingerprint density at radius 1 is 1.24 bits per heavy atom. The number of carbonyl (C=O) groups excluding carboxylic acids is 2. The van der Waals surface area contributed by atoms with Gasteiger partial charge < -0.3 is 21.7 Å². The minimum Gasteiger partial charge on any atom is -0.368 e. The molecule has 1 rings (SSSR count). The Labute approximate surface area is 123 Å². The summed E-state index contributed by atoms with van der Waals surface area (Å²) in [7, 11) is 0. The van der Waals surface area contributed by atoms with Gasteiger partial charge in [-0.25, -0.2) is 4.39 Å². The van der Waals surface area contributed by atoms with Gasteiger partial charge in [0.25, 0.3) is 0 Å². The summed E-state index contributed by atoms with van der Waals surface area (Å²) in [5.41, 5.74) is 11.1. The highest BCUT2D eigenvalue weighted by Gasteiger charge is 2.18. The van der Waals surface area contributed by atoms with E-state index in [1.807, 2.05) is 13.8 Å². The minimum absolute atomic E-state index is 0.165. The van der Waals surface area contributed by atoms with Crippen molar-refractivity contribution < 1.29 is 14.0 Å². The van der Waals surface area contributed by atoms with Gasteiger partial charge in [0, 0.05) is 23.8 Å². The Morgan fingerprint density at radius 2 is 1.81 bits per heavy atom. The zero-order valence-electron chi connectivity index (χ0n) is 12.2. The van der Waals surface area contributed by atoms with Crippen LogP contribution in [0.15, 0.2) is 18.2 Å². The lowest BCUT2D eigenvalue weighted by Crippen LogP contribution is -2.40. The molecule has 7 heteroatoms. The maximum Gasteiger partial charge on any atom is 0.236 e. The van der Waals surface area contributed by atoms with Crippen LogP contribution in [-0.4, -0.2) is 30.9 Å². The van der Waals surface area contributed by atoms with E-state index < -0.39 is 17.6 Å². The lowest BCUT2D eigenvalue weighted by molar-refractivity contribution is -0.117. The van der Waals surface area contributed by atoms with Crippen LogP contribution in [0, 0.1) is 5.82 Å². The number of amides is 2. The SMILES string of the molecule is CC(C)NCc1c(F)cccc1N(CC(N)=O)CC(N)=O. The fraction of sp³-hybridized carbons (Fsp3) is 0.429.